The molecule has 0 aromatic carbocycles. The Bertz CT molecular complexity index is 1240. The van der Waals surface area contributed by atoms with Crippen LogP contribution in [0.2, 0.25) is 0 Å². The largest absolute Gasteiger partial charge is 0.467 e. The van der Waals surface area contributed by atoms with E-state index in [0.717, 1.165) is 40.3 Å². The summed E-state index contributed by atoms with van der Waals surface area (Å²) in [6, 6.07) is 3.65. The summed E-state index contributed by atoms with van der Waals surface area (Å²) in [6.07, 6.45) is 4.98. The zero-order chi connectivity index (χ0) is 21.5. The molecule has 4 aromatic rings. The van der Waals surface area contributed by atoms with Crippen LogP contribution in [0.25, 0.3) is 15.9 Å². The molecular weight excluding hydrogens is 430 g/mol. The summed E-state index contributed by atoms with van der Waals surface area (Å²) >= 11 is 3.20. The second-order valence-electron chi connectivity index (χ2n) is 8.44. The molecule has 1 unspecified atom stereocenters. The Morgan fingerprint density at radius 2 is 2.29 bits per heavy atom. The van der Waals surface area contributed by atoms with Crippen LogP contribution in [0.3, 0.4) is 0 Å². The quantitative estimate of drug-likeness (QED) is 0.428. The highest BCUT2D eigenvalue weighted by Gasteiger charge is 2.26. The third-order valence-corrected chi connectivity index (χ3v) is 7.76. The molecule has 5 rings (SSSR count). The molecule has 0 bridgehead atoms. The van der Waals surface area contributed by atoms with Gasteiger partial charge in [-0.25, -0.2) is 4.98 Å². The van der Waals surface area contributed by atoms with Gasteiger partial charge >= 0.3 is 0 Å². The monoisotopic (exact) mass is 455 g/mol. The number of carbonyl (C=O) groups is 1. The molecule has 1 amide bonds. The minimum Gasteiger partial charge on any atom is -0.467 e. The van der Waals surface area contributed by atoms with Crippen molar-refractivity contribution >= 4 is 44.9 Å². The molecule has 0 spiro atoms. The summed E-state index contributed by atoms with van der Waals surface area (Å²) in [7, 11) is 0. The van der Waals surface area contributed by atoms with Crippen LogP contribution in [0, 0.1) is 5.92 Å². The number of hydrogen-bond donors (Lipinski definition) is 1. The highest BCUT2D eigenvalue weighted by Crippen LogP contribution is 2.40. The van der Waals surface area contributed by atoms with Gasteiger partial charge in [0.05, 0.1) is 23.9 Å². The number of fused-ring (bicyclic) bond motifs is 5. The van der Waals surface area contributed by atoms with E-state index in [9.17, 15) is 4.79 Å². The number of hydrogen-bond acceptors (Lipinski definition) is 7. The number of rotatable bonds is 6. The van der Waals surface area contributed by atoms with Gasteiger partial charge in [-0.05, 0) is 42.9 Å². The van der Waals surface area contributed by atoms with E-state index >= 15 is 0 Å². The standard InChI is InChI=1S/C22H25N5O2S2/c1-12(2)19-24-21-18(15-7-6-13(3)9-16(15)31-21)20-25-26-22(27(19)20)30-11-17(28)23-10-14-5-4-8-29-14/h4-5,8,12-13H,6-7,9-11H2,1-3H3,(H,23,28). The first-order chi connectivity index (χ1) is 15.0. The normalized spacial score (nSPS) is 16.3. The van der Waals surface area contributed by atoms with Crippen molar-refractivity contribution in [2.24, 2.45) is 5.92 Å². The number of thioether (sulfide) groups is 1. The van der Waals surface area contributed by atoms with Crippen LogP contribution in [0.5, 0.6) is 0 Å². The van der Waals surface area contributed by atoms with Crippen LogP contribution in [0.15, 0.2) is 28.0 Å². The number of aryl methyl sites for hydroxylation is 1. The van der Waals surface area contributed by atoms with Gasteiger partial charge in [-0.15, -0.1) is 21.5 Å². The van der Waals surface area contributed by atoms with Crippen molar-refractivity contribution in [3.05, 3.63) is 40.4 Å². The van der Waals surface area contributed by atoms with E-state index in [1.807, 2.05) is 23.5 Å². The number of nitrogens with zero attached hydrogens (tertiary/aromatic N) is 4. The first-order valence-electron chi connectivity index (χ1n) is 10.6. The summed E-state index contributed by atoms with van der Waals surface area (Å²) in [5, 5.41) is 13.8. The Kier molecular flexibility index (Phi) is 5.47. The van der Waals surface area contributed by atoms with E-state index in [2.05, 4.69) is 40.7 Å². The predicted molar refractivity (Wildman–Crippen MR) is 123 cm³/mol. The number of amides is 1. The van der Waals surface area contributed by atoms with Crippen LogP contribution in [0.4, 0.5) is 0 Å². The average Bonchev–Trinajstić information content (AvgIpc) is 3.47. The summed E-state index contributed by atoms with van der Waals surface area (Å²) < 4.78 is 7.32. The van der Waals surface area contributed by atoms with Crippen molar-refractivity contribution < 1.29 is 9.21 Å². The Balaban J connectivity index is 1.46. The van der Waals surface area contributed by atoms with Gasteiger partial charge in [0.25, 0.3) is 0 Å². The van der Waals surface area contributed by atoms with Gasteiger partial charge in [0.15, 0.2) is 10.8 Å². The minimum absolute atomic E-state index is 0.0693. The zero-order valence-corrected chi connectivity index (χ0v) is 19.5. The number of nitrogens with one attached hydrogen (secondary N) is 1. The van der Waals surface area contributed by atoms with Crippen LogP contribution in [-0.2, 0) is 24.2 Å². The maximum Gasteiger partial charge on any atom is 0.230 e. The van der Waals surface area contributed by atoms with Gasteiger partial charge in [0.1, 0.15) is 16.4 Å². The molecule has 1 N–H and O–H groups in total. The van der Waals surface area contributed by atoms with Gasteiger partial charge in [0, 0.05) is 10.8 Å². The van der Waals surface area contributed by atoms with Crippen LogP contribution in [-0.4, -0.2) is 31.2 Å². The maximum atomic E-state index is 12.3. The minimum atomic E-state index is -0.0693. The van der Waals surface area contributed by atoms with Crippen molar-refractivity contribution in [2.75, 3.05) is 5.75 Å². The number of carbonyl (C=O) groups excluding carboxylic acids is 1. The van der Waals surface area contributed by atoms with E-state index in [1.165, 1.54) is 28.6 Å². The van der Waals surface area contributed by atoms with Crippen molar-refractivity contribution in [3.8, 4) is 0 Å². The van der Waals surface area contributed by atoms with E-state index < -0.39 is 0 Å². The smallest absolute Gasteiger partial charge is 0.230 e. The predicted octanol–water partition coefficient (Wildman–Crippen LogP) is 4.59. The molecule has 0 aliphatic heterocycles. The molecule has 0 saturated carbocycles. The molecule has 0 radical (unpaired) electrons. The Morgan fingerprint density at radius 3 is 3.06 bits per heavy atom. The zero-order valence-electron chi connectivity index (χ0n) is 17.8. The van der Waals surface area contributed by atoms with Crippen LogP contribution in [0.1, 0.15) is 55.1 Å². The number of furan rings is 1. The lowest BCUT2D eigenvalue weighted by Crippen LogP contribution is -2.24. The van der Waals surface area contributed by atoms with Gasteiger partial charge in [-0.1, -0.05) is 32.5 Å². The Labute approximate surface area is 188 Å². The van der Waals surface area contributed by atoms with Gasteiger partial charge in [-0.3, -0.25) is 9.20 Å². The fourth-order valence-electron chi connectivity index (χ4n) is 4.10. The molecule has 1 aliphatic carbocycles. The number of thiophene rings is 1. The van der Waals surface area contributed by atoms with E-state index in [-0.39, 0.29) is 17.6 Å². The molecule has 0 saturated heterocycles. The molecule has 4 heterocycles. The summed E-state index contributed by atoms with van der Waals surface area (Å²) in [4.78, 5) is 19.9. The van der Waals surface area contributed by atoms with Crippen molar-refractivity contribution in [3.63, 3.8) is 0 Å². The van der Waals surface area contributed by atoms with Crippen LogP contribution < -0.4 is 5.32 Å². The maximum absolute atomic E-state index is 12.3. The summed E-state index contributed by atoms with van der Waals surface area (Å²) in [5.74, 6) is 2.79. The second-order valence-corrected chi connectivity index (χ2v) is 10.5. The lowest BCUT2D eigenvalue weighted by molar-refractivity contribution is -0.118. The highest BCUT2D eigenvalue weighted by atomic mass is 32.2. The highest BCUT2D eigenvalue weighted by molar-refractivity contribution is 7.99. The Morgan fingerprint density at radius 1 is 1.42 bits per heavy atom. The van der Waals surface area contributed by atoms with Gasteiger partial charge < -0.3 is 9.73 Å². The molecule has 1 atom stereocenters. The summed E-state index contributed by atoms with van der Waals surface area (Å²) in [6.45, 7) is 6.96. The first-order valence-corrected chi connectivity index (χ1v) is 12.4. The molecule has 9 heteroatoms. The lowest BCUT2D eigenvalue weighted by Gasteiger charge is -2.17. The van der Waals surface area contributed by atoms with Gasteiger partial charge in [-0.2, -0.15) is 0 Å². The lowest BCUT2D eigenvalue weighted by atomic mass is 9.89. The third-order valence-electron chi connectivity index (χ3n) is 5.68. The molecule has 4 aromatic heterocycles. The molecule has 162 valence electrons. The van der Waals surface area contributed by atoms with Gasteiger partial charge in [0.2, 0.25) is 5.91 Å². The SMILES string of the molecule is CC1CCc2c(sc3nc(C(C)C)n4c(SCC(=O)NCc5ccco5)nnc4c23)C1. The third kappa shape index (κ3) is 3.85. The topological polar surface area (TPSA) is 85.3 Å². The number of aromatic nitrogens is 4. The van der Waals surface area contributed by atoms with Crippen molar-refractivity contribution in [1.82, 2.24) is 24.9 Å². The van der Waals surface area contributed by atoms with E-state index in [1.54, 1.807) is 6.26 Å². The Hall–Kier alpha value is -2.39. The fraction of sp³-hybridized carbons (Fsp3) is 0.455. The van der Waals surface area contributed by atoms with E-state index in [0.29, 0.717) is 17.6 Å². The molecule has 1 aliphatic rings. The van der Waals surface area contributed by atoms with E-state index in [4.69, 9.17) is 9.40 Å². The first kappa shape index (κ1) is 20.5. The fourth-order valence-corrected chi connectivity index (χ4v) is 6.25. The molecule has 31 heavy (non-hydrogen) atoms. The van der Waals surface area contributed by atoms with Crippen molar-refractivity contribution in [2.45, 2.75) is 57.7 Å². The molecular formula is C22H25N5O2S2. The molecule has 7 nitrogen and oxygen atoms in total. The van der Waals surface area contributed by atoms with Crippen LogP contribution >= 0.6 is 23.1 Å². The average molecular weight is 456 g/mol. The second kappa shape index (κ2) is 8.27. The van der Waals surface area contributed by atoms with Crippen molar-refractivity contribution in [1.29, 1.82) is 0 Å². The summed E-state index contributed by atoms with van der Waals surface area (Å²) in [5.41, 5.74) is 2.27. The molecule has 0 fully saturated rings.